The van der Waals surface area contributed by atoms with E-state index in [0.29, 0.717) is 19.0 Å². The molecular formula is C28H38N2O4. The standard InChI is InChI=1S/C15H17N.C13H21NO4/c1-13(15-10-6-3-7-11-15)16-12-14-8-4-2-5-9-14;1-12(2,3)18-11(17)14-7-6-13(4-5-13)8-9(14)10(15)16/h2-11,13,16H,12H2,1H3;9H,4-8H2,1-3H3,(H,15,16)/t;9-/m.1/s1. The highest BCUT2D eigenvalue weighted by molar-refractivity contribution is 5.79. The van der Waals surface area contributed by atoms with Gasteiger partial charge >= 0.3 is 6.09 Å². The van der Waals surface area contributed by atoms with E-state index in [9.17, 15) is 14.7 Å². The van der Waals surface area contributed by atoms with Crippen LogP contribution in [0.4, 0.5) is 4.79 Å². The van der Waals surface area contributed by atoms with Gasteiger partial charge in [-0.05, 0) is 58.8 Å². The highest BCUT2D eigenvalue weighted by Crippen LogP contribution is 2.55. The topological polar surface area (TPSA) is 86.3 Å². The van der Waals surface area contributed by atoms with Crippen molar-refractivity contribution in [2.75, 3.05) is 6.54 Å². The second-order valence-electron chi connectivity index (χ2n) is 10.6. The lowest BCUT2D eigenvalue weighted by Gasteiger charge is -2.40. The Morgan fingerprint density at radius 2 is 1.65 bits per heavy atom. The van der Waals surface area contributed by atoms with Crippen LogP contribution in [0.25, 0.3) is 0 Å². The second kappa shape index (κ2) is 11.0. The van der Waals surface area contributed by atoms with Crippen molar-refractivity contribution in [3.05, 3.63) is 71.8 Å². The van der Waals surface area contributed by atoms with E-state index < -0.39 is 23.7 Å². The molecule has 184 valence electrons. The van der Waals surface area contributed by atoms with Gasteiger partial charge in [0.15, 0.2) is 0 Å². The summed E-state index contributed by atoms with van der Waals surface area (Å²) in [5, 5.41) is 13.6. The lowest BCUT2D eigenvalue weighted by atomic mass is 9.88. The number of carboxylic acid groups (broad SMARTS) is 1. The number of rotatable bonds is 5. The molecule has 0 bridgehead atoms. The number of carboxylic acids is 1. The Bertz CT molecular complexity index is 936. The summed E-state index contributed by atoms with van der Waals surface area (Å²) in [5.74, 6) is -1.17. The number of ether oxygens (including phenoxy) is 1. The predicted molar refractivity (Wildman–Crippen MR) is 130 cm³/mol. The minimum Gasteiger partial charge on any atom is -0.548 e. The van der Waals surface area contributed by atoms with Gasteiger partial charge < -0.3 is 20.0 Å². The van der Waals surface area contributed by atoms with Gasteiger partial charge in [-0.1, -0.05) is 60.7 Å². The van der Waals surface area contributed by atoms with E-state index in [0.717, 1.165) is 25.8 Å². The van der Waals surface area contributed by atoms with Crippen LogP contribution in [0.15, 0.2) is 60.7 Å². The summed E-state index contributed by atoms with van der Waals surface area (Å²) >= 11 is 0. The molecule has 1 unspecified atom stereocenters. The van der Waals surface area contributed by atoms with Crippen LogP contribution in [0, 0.1) is 5.41 Å². The third-order valence-electron chi connectivity index (χ3n) is 6.62. The number of aliphatic carboxylic acids is 1. The minimum absolute atomic E-state index is 0.156. The number of nitrogens with zero attached hydrogens (tertiary/aromatic N) is 1. The Hall–Kier alpha value is -2.86. The van der Waals surface area contributed by atoms with E-state index in [-0.39, 0.29) is 5.41 Å². The van der Waals surface area contributed by atoms with Crippen LogP contribution in [0.1, 0.15) is 70.5 Å². The molecule has 1 spiro atoms. The second-order valence-corrected chi connectivity index (χ2v) is 10.6. The Kier molecular flexibility index (Phi) is 8.37. The van der Waals surface area contributed by atoms with E-state index in [1.807, 2.05) is 0 Å². The number of hydrogen-bond donors (Lipinski definition) is 1. The number of hydrogen-bond acceptors (Lipinski definition) is 4. The number of piperidine rings is 1. The number of benzene rings is 2. The van der Waals surface area contributed by atoms with Crippen molar-refractivity contribution in [1.29, 1.82) is 0 Å². The zero-order valence-electron chi connectivity index (χ0n) is 20.8. The summed E-state index contributed by atoms with van der Waals surface area (Å²) in [7, 11) is 0. The predicted octanol–water partition coefficient (Wildman–Crippen LogP) is 3.43. The molecule has 2 aromatic carbocycles. The fourth-order valence-corrected chi connectivity index (χ4v) is 4.34. The number of carbonyl (C=O) groups excluding carboxylic acids is 2. The summed E-state index contributed by atoms with van der Waals surface area (Å²) < 4.78 is 5.24. The molecule has 2 atom stereocenters. The summed E-state index contributed by atoms with van der Waals surface area (Å²) in [4.78, 5) is 24.5. The normalized spacial score (nSPS) is 19.5. The first kappa shape index (κ1) is 25.8. The monoisotopic (exact) mass is 466 g/mol. The first-order valence-corrected chi connectivity index (χ1v) is 12.2. The maximum Gasteiger partial charge on any atom is 0.410 e. The van der Waals surface area contributed by atoms with Crippen LogP contribution in [-0.2, 0) is 16.1 Å². The van der Waals surface area contributed by atoms with Gasteiger partial charge in [0, 0.05) is 17.7 Å². The van der Waals surface area contributed by atoms with Crippen molar-refractivity contribution in [3.8, 4) is 0 Å². The number of nitrogens with two attached hydrogens (primary N) is 1. The van der Waals surface area contributed by atoms with E-state index in [1.54, 1.807) is 20.8 Å². The van der Waals surface area contributed by atoms with Crippen molar-refractivity contribution in [1.82, 2.24) is 4.90 Å². The number of carbonyl (C=O) groups is 2. The lowest BCUT2D eigenvalue weighted by Crippen LogP contribution is -2.83. The molecule has 1 heterocycles. The molecular weight excluding hydrogens is 428 g/mol. The van der Waals surface area contributed by atoms with Crippen molar-refractivity contribution in [3.63, 3.8) is 0 Å². The summed E-state index contributed by atoms with van der Waals surface area (Å²) in [6.45, 7) is 9.05. The van der Waals surface area contributed by atoms with Crippen LogP contribution in [-0.4, -0.2) is 35.2 Å². The Morgan fingerprint density at radius 1 is 1.06 bits per heavy atom. The van der Waals surface area contributed by atoms with Gasteiger partial charge in [-0.2, -0.15) is 0 Å². The molecule has 1 aliphatic heterocycles. The minimum atomic E-state index is -1.17. The average molecular weight is 467 g/mol. The fraction of sp³-hybridized carbons (Fsp3) is 0.500. The molecule has 2 fully saturated rings. The van der Waals surface area contributed by atoms with Crippen LogP contribution in [0.5, 0.6) is 0 Å². The van der Waals surface area contributed by atoms with Gasteiger partial charge in [0.25, 0.3) is 0 Å². The van der Waals surface area contributed by atoms with Gasteiger partial charge in [-0.15, -0.1) is 0 Å². The maximum atomic E-state index is 12.0. The number of amides is 1. The van der Waals surface area contributed by atoms with Crippen LogP contribution in [0.2, 0.25) is 0 Å². The number of quaternary nitrogens is 1. The SMILES string of the molecule is CC(C)(C)OC(=O)N1CCC2(CC2)C[C@@H]1C(=O)[O-].CC([NH2+]Cc1ccccc1)c1ccccc1. The van der Waals surface area contributed by atoms with Gasteiger partial charge in [0.1, 0.15) is 18.2 Å². The van der Waals surface area contributed by atoms with Crippen LogP contribution in [0.3, 0.4) is 0 Å². The summed E-state index contributed by atoms with van der Waals surface area (Å²) in [5.41, 5.74) is 2.31. The van der Waals surface area contributed by atoms with Gasteiger partial charge in [0.2, 0.25) is 0 Å². The molecule has 1 amide bonds. The highest BCUT2D eigenvalue weighted by Gasteiger charge is 2.49. The third kappa shape index (κ3) is 7.59. The zero-order valence-corrected chi connectivity index (χ0v) is 20.8. The molecule has 1 saturated heterocycles. The van der Waals surface area contributed by atoms with E-state index in [1.165, 1.54) is 16.0 Å². The molecule has 2 aliphatic rings. The van der Waals surface area contributed by atoms with Crippen molar-refractivity contribution < 1.29 is 24.7 Å². The van der Waals surface area contributed by atoms with Crippen LogP contribution >= 0.6 is 0 Å². The van der Waals surface area contributed by atoms with E-state index in [4.69, 9.17) is 4.74 Å². The molecule has 2 aromatic rings. The molecule has 34 heavy (non-hydrogen) atoms. The molecule has 6 heteroatoms. The lowest BCUT2D eigenvalue weighted by molar-refractivity contribution is -0.707. The molecule has 6 nitrogen and oxygen atoms in total. The Balaban J connectivity index is 0.000000192. The van der Waals surface area contributed by atoms with Gasteiger partial charge in [-0.25, -0.2) is 4.79 Å². The smallest absolute Gasteiger partial charge is 0.410 e. The number of likely N-dealkylation sites (tertiary alicyclic amines) is 1. The quantitative estimate of drug-likeness (QED) is 0.732. The van der Waals surface area contributed by atoms with E-state index >= 15 is 0 Å². The van der Waals surface area contributed by atoms with Crippen molar-refractivity contribution in [2.45, 2.75) is 77.6 Å². The van der Waals surface area contributed by atoms with Gasteiger partial charge in [0.05, 0.1) is 12.0 Å². The Morgan fingerprint density at radius 3 is 2.18 bits per heavy atom. The van der Waals surface area contributed by atoms with Crippen molar-refractivity contribution >= 4 is 12.1 Å². The van der Waals surface area contributed by atoms with Crippen molar-refractivity contribution in [2.24, 2.45) is 5.41 Å². The molecule has 0 radical (unpaired) electrons. The van der Waals surface area contributed by atoms with E-state index in [2.05, 4.69) is 72.9 Å². The average Bonchev–Trinajstić information content (AvgIpc) is 3.56. The summed E-state index contributed by atoms with van der Waals surface area (Å²) in [6.07, 6.45) is 2.97. The zero-order chi connectivity index (χ0) is 24.8. The van der Waals surface area contributed by atoms with Crippen LogP contribution < -0.4 is 10.4 Å². The van der Waals surface area contributed by atoms with Gasteiger partial charge in [-0.3, -0.25) is 4.90 Å². The first-order valence-electron chi connectivity index (χ1n) is 12.2. The summed E-state index contributed by atoms with van der Waals surface area (Å²) in [6, 6.07) is 20.9. The largest absolute Gasteiger partial charge is 0.548 e. The molecule has 0 aromatic heterocycles. The highest BCUT2D eigenvalue weighted by atomic mass is 16.6. The third-order valence-corrected chi connectivity index (χ3v) is 6.62. The fourth-order valence-electron chi connectivity index (χ4n) is 4.34. The Labute approximate surface area is 203 Å². The molecule has 1 saturated carbocycles. The molecule has 2 N–H and O–H groups in total. The maximum absolute atomic E-state index is 12.0. The first-order chi connectivity index (χ1) is 16.1. The molecule has 4 rings (SSSR count). The molecule has 1 aliphatic carbocycles.